The van der Waals surface area contributed by atoms with E-state index in [1.165, 1.54) is 0 Å². The maximum Gasteiger partial charge on any atom is 0.206 e. The van der Waals surface area contributed by atoms with Gasteiger partial charge < -0.3 is 0 Å². The highest BCUT2D eigenvalue weighted by molar-refractivity contribution is 5.71. The Morgan fingerprint density at radius 3 is 3.00 bits per heavy atom. The van der Waals surface area contributed by atoms with Gasteiger partial charge in [-0.15, -0.1) is 15.3 Å². The van der Waals surface area contributed by atoms with Gasteiger partial charge in [0, 0.05) is 5.39 Å². The zero-order chi connectivity index (χ0) is 6.81. The van der Waals surface area contributed by atoms with Gasteiger partial charge in [0.25, 0.3) is 0 Å². The minimum absolute atomic E-state index is 0.525. The molecule has 0 atom stereocenters. The molecule has 2 aromatic rings. The van der Waals surface area contributed by atoms with Crippen molar-refractivity contribution in [3.05, 3.63) is 18.5 Å². The molecule has 0 fully saturated rings. The van der Waals surface area contributed by atoms with E-state index in [1.54, 1.807) is 18.5 Å². The lowest BCUT2D eigenvalue weighted by molar-refractivity contribution is 0.871. The normalized spacial score (nSPS) is 10.0. The van der Waals surface area contributed by atoms with Crippen molar-refractivity contribution in [3.8, 4) is 0 Å². The fourth-order valence-corrected chi connectivity index (χ4v) is 0.669. The fourth-order valence-electron chi connectivity index (χ4n) is 0.669. The maximum absolute atomic E-state index is 3.72. The number of nitrogens with zero attached hydrogens (tertiary/aromatic N) is 5. The molecule has 0 bridgehead atoms. The monoisotopic (exact) mass is 133 g/mol. The Balaban J connectivity index is 2.89. The summed E-state index contributed by atoms with van der Waals surface area (Å²) in [7, 11) is 0. The van der Waals surface area contributed by atoms with Gasteiger partial charge in [-0.05, 0) is 11.3 Å². The van der Waals surface area contributed by atoms with Crippen molar-refractivity contribution in [2.75, 3.05) is 0 Å². The first-order chi connectivity index (χ1) is 4.97. The molecule has 48 valence electrons. The summed E-state index contributed by atoms with van der Waals surface area (Å²) in [6, 6.07) is 1.78. The Labute approximate surface area is 56.1 Å². The van der Waals surface area contributed by atoms with E-state index in [2.05, 4.69) is 25.6 Å². The van der Waals surface area contributed by atoms with Gasteiger partial charge in [0.15, 0.2) is 0 Å². The van der Waals surface area contributed by atoms with Crippen LogP contribution in [0.2, 0.25) is 0 Å². The van der Waals surface area contributed by atoms with Crippen molar-refractivity contribution in [1.82, 2.24) is 25.6 Å². The van der Waals surface area contributed by atoms with Crippen molar-refractivity contribution in [2.45, 2.75) is 0 Å². The Morgan fingerprint density at radius 1 is 1.10 bits per heavy atom. The first-order valence-electron chi connectivity index (χ1n) is 2.72. The van der Waals surface area contributed by atoms with Gasteiger partial charge in [-0.1, -0.05) is 0 Å². The van der Waals surface area contributed by atoms with E-state index in [4.69, 9.17) is 0 Å². The van der Waals surface area contributed by atoms with Gasteiger partial charge >= 0.3 is 0 Å². The summed E-state index contributed by atoms with van der Waals surface area (Å²) in [5.74, 6) is 0. The molecule has 2 aromatic heterocycles. The summed E-state index contributed by atoms with van der Waals surface area (Å²) >= 11 is 0. The van der Waals surface area contributed by atoms with Crippen LogP contribution in [0.5, 0.6) is 0 Å². The van der Waals surface area contributed by atoms with Crippen LogP contribution >= 0.6 is 0 Å². The molecule has 2 heterocycles. The highest BCUT2D eigenvalue weighted by Gasteiger charge is 1.91. The van der Waals surface area contributed by atoms with Crippen LogP contribution in [0.3, 0.4) is 0 Å². The molecule has 10 heavy (non-hydrogen) atoms. The lowest BCUT2D eigenvalue weighted by atomic mass is 10.4. The molecule has 0 aliphatic heterocycles. The third kappa shape index (κ3) is 0.680. The largest absolute Gasteiger partial charge is 0.206 e. The summed E-state index contributed by atoms with van der Waals surface area (Å²) in [4.78, 5) is 0. The number of hydrogen-bond acceptors (Lipinski definition) is 5. The Bertz CT molecular complexity index is 281. The van der Waals surface area contributed by atoms with Crippen molar-refractivity contribution >= 4 is 11.0 Å². The molecular formula is C5H3N5. The number of hydrogen-bond donors (Lipinski definition) is 0. The molecule has 0 amide bonds. The van der Waals surface area contributed by atoms with Gasteiger partial charge in [0.2, 0.25) is 5.65 Å². The Morgan fingerprint density at radius 2 is 2.10 bits per heavy atom. The van der Waals surface area contributed by atoms with Crippen LogP contribution in [-0.4, -0.2) is 25.6 Å². The van der Waals surface area contributed by atoms with E-state index >= 15 is 0 Å². The third-order valence-electron chi connectivity index (χ3n) is 1.12. The highest BCUT2D eigenvalue weighted by atomic mass is 15.3. The fraction of sp³-hybridized carbons (Fsp3) is 0. The highest BCUT2D eigenvalue weighted by Crippen LogP contribution is 1.99. The summed E-state index contributed by atoms with van der Waals surface area (Å²) in [6.07, 6.45) is 3.18. The molecule has 0 aliphatic rings. The van der Waals surface area contributed by atoms with Gasteiger partial charge in [0.05, 0.1) is 12.4 Å². The smallest absolute Gasteiger partial charge is 0.157 e. The molecule has 0 saturated carbocycles. The van der Waals surface area contributed by atoms with Crippen LogP contribution in [-0.2, 0) is 0 Å². The zero-order valence-corrected chi connectivity index (χ0v) is 4.97. The van der Waals surface area contributed by atoms with Crippen LogP contribution in [0.15, 0.2) is 18.5 Å². The van der Waals surface area contributed by atoms with Crippen LogP contribution < -0.4 is 0 Å². The average molecular weight is 133 g/mol. The molecule has 2 rings (SSSR count). The molecule has 0 N–H and O–H groups in total. The average Bonchev–Trinajstić information content (AvgIpc) is 2.05. The van der Waals surface area contributed by atoms with E-state index in [1.807, 2.05) is 0 Å². The van der Waals surface area contributed by atoms with E-state index in [0.717, 1.165) is 5.39 Å². The minimum Gasteiger partial charge on any atom is -0.157 e. The Kier molecular flexibility index (Phi) is 1.00. The summed E-state index contributed by atoms with van der Waals surface area (Å²) in [5, 5.41) is 18.8. The summed E-state index contributed by atoms with van der Waals surface area (Å²) in [6.45, 7) is 0. The van der Waals surface area contributed by atoms with Crippen molar-refractivity contribution in [2.24, 2.45) is 0 Å². The molecule has 5 nitrogen and oxygen atoms in total. The minimum atomic E-state index is 0.525. The SMILES string of the molecule is c1cc2cnnnc2nn1. The summed E-state index contributed by atoms with van der Waals surface area (Å²) in [5.41, 5.74) is 0.525. The van der Waals surface area contributed by atoms with Crippen LogP contribution in [0.4, 0.5) is 0 Å². The lowest BCUT2D eigenvalue weighted by Gasteiger charge is -1.87. The van der Waals surface area contributed by atoms with Crippen molar-refractivity contribution < 1.29 is 0 Å². The van der Waals surface area contributed by atoms with Crippen LogP contribution in [0, 0.1) is 0 Å². The van der Waals surface area contributed by atoms with Crippen molar-refractivity contribution in [1.29, 1.82) is 0 Å². The molecule has 0 saturated heterocycles. The standard InChI is InChI=1S/C5H3N5/c1-2-6-8-5-4(1)3-7-10-9-5/h1-3H. The van der Waals surface area contributed by atoms with Gasteiger partial charge in [-0.25, -0.2) is 0 Å². The summed E-state index contributed by atoms with van der Waals surface area (Å²) < 4.78 is 0. The van der Waals surface area contributed by atoms with Crippen LogP contribution in [0.25, 0.3) is 11.0 Å². The second-order valence-electron chi connectivity index (χ2n) is 1.74. The van der Waals surface area contributed by atoms with Gasteiger partial charge in [-0.3, -0.25) is 0 Å². The van der Waals surface area contributed by atoms with E-state index in [-0.39, 0.29) is 0 Å². The predicted octanol–water partition coefficient (Wildman–Crippen LogP) is -0.185. The molecule has 0 radical (unpaired) electrons. The second-order valence-corrected chi connectivity index (χ2v) is 1.74. The van der Waals surface area contributed by atoms with E-state index in [9.17, 15) is 0 Å². The van der Waals surface area contributed by atoms with Crippen molar-refractivity contribution in [3.63, 3.8) is 0 Å². The predicted molar refractivity (Wildman–Crippen MR) is 32.9 cm³/mol. The zero-order valence-electron chi connectivity index (χ0n) is 4.97. The quantitative estimate of drug-likeness (QED) is 0.498. The van der Waals surface area contributed by atoms with Gasteiger partial charge in [-0.2, -0.15) is 5.10 Å². The second kappa shape index (κ2) is 1.94. The topological polar surface area (TPSA) is 64.5 Å². The molecular weight excluding hydrogens is 130 g/mol. The first kappa shape index (κ1) is 5.16. The van der Waals surface area contributed by atoms with Crippen LogP contribution in [0.1, 0.15) is 0 Å². The molecule has 0 aromatic carbocycles. The number of aromatic nitrogens is 5. The lowest BCUT2D eigenvalue weighted by Crippen LogP contribution is -1.90. The molecule has 0 spiro atoms. The maximum atomic E-state index is 3.72. The third-order valence-corrected chi connectivity index (χ3v) is 1.12. The number of rotatable bonds is 0. The molecule has 5 heteroatoms. The van der Waals surface area contributed by atoms with Gasteiger partial charge in [0.1, 0.15) is 0 Å². The first-order valence-corrected chi connectivity index (χ1v) is 2.72. The Hall–Kier alpha value is -1.65. The van der Waals surface area contributed by atoms with E-state index < -0.39 is 0 Å². The van der Waals surface area contributed by atoms with E-state index in [0.29, 0.717) is 5.65 Å². The number of fused-ring (bicyclic) bond motifs is 1. The molecule has 0 unspecified atom stereocenters. The molecule has 0 aliphatic carbocycles.